The third kappa shape index (κ3) is 1.80. The Balaban J connectivity index is 1.64. The van der Waals surface area contributed by atoms with E-state index in [4.69, 9.17) is 0 Å². The average molecular weight is 270 g/mol. The minimum absolute atomic E-state index is 0.304. The number of aromatic nitrogens is 7. The summed E-state index contributed by atoms with van der Waals surface area (Å²) in [4.78, 5) is 12.7. The van der Waals surface area contributed by atoms with Crippen LogP contribution in [0.15, 0.2) is 18.7 Å². The summed E-state index contributed by atoms with van der Waals surface area (Å²) in [5, 5.41) is 12.0. The maximum absolute atomic E-state index is 4.34. The molecule has 1 aliphatic rings. The topological polar surface area (TPSA) is 85.8 Å². The molecule has 4 heterocycles. The van der Waals surface area contributed by atoms with Crippen LogP contribution in [0.1, 0.15) is 17.9 Å². The maximum Gasteiger partial charge on any atom is 0.254 e. The van der Waals surface area contributed by atoms with Crippen molar-refractivity contribution in [2.75, 3.05) is 5.32 Å². The average Bonchev–Trinajstić information content (AvgIpc) is 3.05. The summed E-state index contributed by atoms with van der Waals surface area (Å²) in [6, 6.07) is 2.29. The molecule has 0 amide bonds. The minimum Gasteiger partial charge on any atom is -0.365 e. The summed E-state index contributed by atoms with van der Waals surface area (Å²) in [5.74, 6) is 2.59. The minimum atomic E-state index is 0.304. The standard InChI is InChI=1S/C12H14N8/c1-8-4-11(20-12(17-8)14-7-16-20)18-9-2-3-10-13-6-15-19(10)5-9/h4,6-7,9,18H,2-3,5H2,1H3/t9-/m0/s1. The summed E-state index contributed by atoms with van der Waals surface area (Å²) in [7, 11) is 0. The van der Waals surface area contributed by atoms with E-state index in [0.717, 1.165) is 36.7 Å². The normalized spacial score (nSPS) is 18.1. The first-order chi connectivity index (χ1) is 9.79. The SMILES string of the molecule is Cc1cc(N[C@H]2CCc3ncnn3C2)n2ncnc2n1. The summed E-state index contributed by atoms with van der Waals surface area (Å²) in [6.45, 7) is 2.77. The van der Waals surface area contributed by atoms with E-state index in [1.54, 1.807) is 10.8 Å². The van der Waals surface area contributed by atoms with Crippen LogP contribution in [-0.2, 0) is 13.0 Å². The summed E-state index contributed by atoms with van der Waals surface area (Å²) >= 11 is 0. The van der Waals surface area contributed by atoms with Crippen LogP contribution >= 0.6 is 0 Å². The molecule has 0 aromatic carbocycles. The molecule has 1 N–H and O–H groups in total. The fourth-order valence-electron chi connectivity index (χ4n) is 2.60. The van der Waals surface area contributed by atoms with Crippen molar-refractivity contribution >= 4 is 11.6 Å². The maximum atomic E-state index is 4.34. The number of rotatable bonds is 2. The Labute approximate surface area is 114 Å². The molecule has 102 valence electrons. The number of hydrogen-bond acceptors (Lipinski definition) is 6. The van der Waals surface area contributed by atoms with Crippen LogP contribution in [0.3, 0.4) is 0 Å². The first-order valence-electron chi connectivity index (χ1n) is 6.60. The van der Waals surface area contributed by atoms with Crippen LogP contribution in [-0.4, -0.2) is 40.4 Å². The smallest absolute Gasteiger partial charge is 0.254 e. The molecule has 0 saturated heterocycles. The van der Waals surface area contributed by atoms with E-state index in [9.17, 15) is 0 Å². The number of nitrogens with zero attached hydrogens (tertiary/aromatic N) is 7. The molecular formula is C12H14N8. The third-order valence-electron chi connectivity index (χ3n) is 3.54. The molecule has 0 spiro atoms. The van der Waals surface area contributed by atoms with Gasteiger partial charge in [-0.15, -0.1) is 0 Å². The molecule has 3 aromatic rings. The highest BCUT2D eigenvalue weighted by Crippen LogP contribution is 2.17. The van der Waals surface area contributed by atoms with Gasteiger partial charge in [0.15, 0.2) is 0 Å². The predicted octanol–water partition coefficient (Wildman–Crippen LogP) is 0.451. The van der Waals surface area contributed by atoms with Gasteiger partial charge in [-0.1, -0.05) is 0 Å². The van der Waals surface area contributed by atoms with Gasteiger partial charge in [-0.3, -0.25) is 0 Å². The summed E-state index contributed by atoms with van der Waals surface area (Å²) in [6.07, 6.45) is 5.09. The van der Waals surface area contributed by atoms with E-state index in [-0.39, 0.29) is 0 Å². The van der Waals surface area contributed by atoms with Crippen molar-refractivity contribution in [3.8, 4) is 0 Å². The molecule has 0 bridgehead atoms. The van der Waals surface area contributed by atoms with Crippen LogP contribution < -0.4 is 5.32 Å². The van der Waals surface area contributed by atoms with Gasteiger partial charge in [0.1, 0.15) is 24.3 Å². The van der Waals surface area contributed by atoms with Crippen LogP contribution in [0.4, 0.5) is 5.82 Å². The van der Waals surface area contributed by atoms with Crippen molar-refractivity contribution in [2.24, 2.45) is 0 Å². The highest BCUT2D eigenvalue weighted by Gasteiger charge is 2.20. The van der Waals surface area contributed by atoms with E-state index in [1.165, 1.54) is 6.33 Å². The third-order valence-corrected chi connectivity index (χ3v) is 3.54. The quantitative estimate of drug-likeness (QED) is 0.727. The highest BCUT2D eigenvalue weighted by molar-refractivity contribution is 5.45. The van der Waals surface area contributed by atoms with Gasteiger partial charge < -0.3 is 5.32 Å². The summed E-state index contributed by atoms with van der Waals surface area (Å²) < 4.78 is 3.68. The van der Waals surface area contributed by atoms with E-state index in [1.807, 2.05) is 17.7 Å². The van der Waals surface area contributed by atoms with E-state index in [0.29, 0.717) is 11.8 Å². The predicted molar refractivity (Wildman–Crippen MR) is 71.3 cm³/mol. The lowest BCUT2D eigenvalue weighted by Crippen LogP contribution is -2.32. The number of anilines is 1. The molecule has 1 atom stereocenters. The zero-order valence-corrected chi connectivity index (χ0v) is 11.1. The van der Waals surface area contributed by atoms with Crippen molar-refractivity contribution in [3.05, 3.63) is 30.2 Å². The lowest BCUT2D eigenvalue weighted by atomic mass is 10.1. The first-order valence-corrected chi connectivity index (χ1v) is 6.60. The lowest BCUT2D eigenvalue weighted by molar-refractivity contribution is 0.440. The van der Waals surface area contributed by atoms with Crippen LogP contribution in [0.5, 0.6) is 0 Å². The number of nitrogens with one attached hydrogen (secondary N) is 1. The molecular weight excluding hydrogens is 256 g/mol. The molecule has 0 unspecified atom stereocenters. The Hall–Kier alpha value is -2.51. The molecule has 4 rings (SSSR count). The highest BCUT2D eigenvalue weighted by atomic mass is 15.4. The zero-order valence-electron chi connectivity index (χ0n) is 11.1. The Kier molecular flexibility index (Phi) is 2.41. The summed E-state index contributed by atoms with van der Waals surface area (Å²) in [5.41, 5.74) is 0.922. The van der Waals surface area contributed by atoms with Crippen molar-refractivity contribution in [1.82, 2.24) is 34.3 Å². The van der Waals surface area contributed by atoms with E-state index >= 15 is 0 Å². The molecule has 0 radical (unpaired) electrons. The van der Waals surface area contributed by atoms with Gasteiger partial charge in [0, 0.05) is 24.2 Å². The fourth-order valence-corrected chi connectivity index (χ4v) is 2.60. The van der Waals surface area contributed by atoms with E-state index in [2.05, 4.69) is 30.5 Å². The molecule has 3 aromatic heterocycles. The molecule has 8 nitrogen and oxygen atoms in total. The zero-order chi connectivity index (χ0) is 13.5. The van der Waals surface area contributed by atoms with Gasteiger partial charge in [0.2, 0.25) is 0 Å². The molecule has 0 fully saturated rings. The van der Waals surface area contributed by atoms with Gasteiger partial charge >= 0.3 is 0 Å². The van der Waals surface area contributed by atoms with Crippen LogP contribution in [0.25, 0.3) is 5.78 Å². The van der Waals surface area contributed by atoms with Gasteiger partial charge in [0.25, 0.3) is 5.78 Å². The van der Waals surface area contributed by atoms with Gasteiger partial charge in [-0.2, -0.15) is 19.7 Å². The molecule has 0 aliphatic carbocycles. The number of hydrogen-bond donors (Lipinski definition) is 1. The van der Waals surface area contributed by atoms with E-state index < -0.39 is 0 Å². The van der Waals surface area contributed by atoms with Crippen molar-refractivity contribution in [2.45, 2.75) is 32.4 Å². The van der Waals surface area contributed by atoms with Crippen LogP contribution in [0, 0.1) is 6.92 Å². The molecule has 20 heavy (non-hydrogen) atoms. The van der Waals surface area contributed by atoms with Gasteiger partial charge in [-0.05, 0) is 13.3 Å². The Morgan fingerprint density at radius 2 is 2.15 bits per heavy atom. The molecule has 0 saturated carbocycles. The monoisotopic (exact) mass is 270 g/mol. The second kappa shape index (κ2) is 4.26. The molecule has 1 aliphatic heterocycles. The second-order valence-electron chi connectivity index (χ2n) is 4.99. The number of aryl methyl sites for hydroxylation is 2. The Morgan fingerprint density at radius 3 is 3.10 bits per heavy atom. The first kappa shape index (κ1) is 11.3. The number of fused-ring (bicyclic) bond motifs is 2. The van der Waals surface area contributed by atoms with Gasteiger partial charge in [-0.25, -0.2) is 14.6 Å². The lowest BCUT2D eigenvalue weighted by Gasteiger charge is -2.24. The second-order valence-corrected chi connectivity index (χ2v) is 4.99. The van der Waals surface area contributed by atoms with Gasteiger partial charge in [0.05, 0.1) is 6.54 Å². The Bertz CT molecular complexity index is 758. The fraction of sp³-hybridized carbons (Fsp3) is 0.417. The largest absolute Gasteiger partial charge is 0.365 e. The van der Waals surface area contributed by atoms with Crippen molar-refractivity contribution < 1.29 is 0 Å². The van der Waals surface area contributed by atoms with Crippen molar-refractivity contribution in [3.63, 3.8) is 0 Å². The van der Waals surface area contributed by atoms with Crippen LogP contribution in [0.2, 0.25) is 0 Å². The van der Waals surface area contributed by atoms with Crippen molar-refractivity contribution in [1.29, 1.82) is 0 Å². The Morgan fingerprint density at radius 1 is 1.25 bits per heavy atom. The molecule has 8 heteroatoms.